The Morgan fingerprint density at radius 2 is 1.68 bits per heavy atom. The van der Waals surface area contributed by atoms with E-state index in [1.54, 1.807) is 12.4 Å². The second kappa shape index (κ2) is 8.47. The molecule has 2 amide bonds. The van der Waals surface area contributed by atoms with E-state index in [4.69, 9.17) is 0 Å². The molecule has 5 rings (SSSR count). The molecule has 0 radical (unpaired) electrons. The van der Waals surface area contributed by atoms with Crippen LogP contribution in [-0.2, 0) is 5.41 Å². The first kappa shape index (κ1) is 21.4. The summed E-state index contributed by atoms with van der Waals surface area (Å²) in [7, 11) is 0. The van der Waals surface area contributed by atoms with Crippen LogP contribution >= 0.6 is 0 Å². The molecule has 8 nitrogen and oxygen atoms in total. The molecule has 3 N–H and O–H groups in total. The van der Waals surface area contributed by atoms with Crippen LogP contribution in [0.25, 0.3) is 28.0 Å². The first-order chi connectivity index (χ1) is 16.4. The van der Waals surface area contributed by atoms with Gasteiger partial charge in [-0.05, 0) is 47.5 Å². The Bertz CT molecular complexity index is 1440. The molecule has 8 heteroatoms. The van der Waals surface area contributed by atoms with Crippen molar-refractivity contribution in [1.29, 1.82) is 0 Å². The van der Waals surface area contributed by atoms with Gasteiger partial charge in [-0.3, -0.25) is 19.8 Å². The number of aromatic amines is 1. The van der Waals surface area contributed by atoms with Gasteiger partial charge in [-0.25, -0.2) is 9.78 Å². The summed E-state index contributed by atoms with van der Waals surface area (Å²) < 4.78 is 2.05. The third-order valence-corrected chi connectivity index (χ3v) is 5.56. The summed E-state index contributed by atoms with van der Waals surface area (Å²) in [4.78, 5) is 21.0. The van der Waals surface area contributed by atoms with E-state index in [1.165, 1.54) is 0 Å². The van der Waals surface area contributed by atoms with Crippen LogP contribution in [0.5, 0.6) is 0 Å². The number of hydrogen-bond acceptors (Lipinski definition) is 4. The van der Waals surface area contributed by atoms with Crippen molar-refractivity contribution in [3.05, 3.63) is 85.1 Å². The van der Waals surface area contributed by atoms with Gasteiger partial charge in [0.05, 0.1) is 17.6 Å². The lowest BCUT2D eigenvalue weighted by Gasteiger charge is -2.13. The third kappa shape index (κ3) is 4.38. The summed E-state index contributed by atoms with van der Waals surface area (Å²) in [6.07, 6.45) is 7.43. The number of amides is 2. The first-order valence-corrected chi connectivity index (χ1v) is 11.0. The Hall–Kier alpha value is -4.46. The molecule has 0 aliphatic carbocycles. The summed E-state index contributed by atoms with van der Waals surface area (Å²) >= 11 is 0. The molecule has 5 aromatic rings. The van der Waals surface area contributed by atoms with Gasteiger partial charge in [0.15, 0.2) is 0 Å². The molecular weight excluding hydrogens is 426 g/mol. The number of anilines is 2. The van der Waals surface area contributed by atoms with Crippen molar-refractivity contribution in [3.8, 4) is 22.4 Å². The molecule has 0 spiro atoms. The van der Waals surface area contributed by atoms with Crippen LogP contribution in [0.15, 0.2) is 79.4 Å². The van der Waals surface area contributed by atoms with Crippen molar-refractivity contribution in [1.82, 2.24) is 24.6 Å². The van der Waals surface area contributed by atoms with Gasteiger partial charge < -0.3 is 5.32 Å². The molecule has 170 valence electrons. The van der Waals surface area contributed by atoms with Crippen molar-refractivity contribution >= 4 is 23.2 Å². The molecule has 0 unspecified atom stereocenters. The zero-order valence-electron chi connectivity index (χ0n) is 19.2. The highest BCUT2D eigenvalue weighted by Crippen LogP contribution is 2.26. The monoisotopic (exact) mass is 451 g/mol. The van der Waals surface area contributed by atoms with Crippen molar-refractivity contribution < 1.29 is 4.79 Å². The van der Waals surface area contributed by atoms with Gasteiger partial charge in [-0.2, -0.15) is 5.10 Å². The first-order valence-electron chi connectivity index (χ1n) is 11.0. The van der Waals surface area contributed by atoms with Gasteiger partial charge in [0.1, 0.15) is 11.5 Å². The van der Waals surface area contributed by atoms with Crippen LogP contribution in [0.2, 0.25) is 0 Å². The van der Waals surface area contributed by atoms with Gasteiger partial charge in [-0.1, -0.05) is 32.9 Å². The number of carbonyl (C=O) groups excluding carboxylic acids is 1. The lowest BCUT2D eigenvalue weighted by atomic mass is 9.92. The highest BCUT2D eigenvalue weighted by Gasteiger charge is 2.18. The third-order valence-electron chi connectivity index (χ3n) is 5.56. The fraction of sp³-hybridized carbons (Fsp3) is 0.154. The molecule has 0 saturated heterocycles. The minimum Gasteiger partial charge on any atom is -0.308 e. The normalized spacial score (nSPS) is 11.5. The largest absolute Gasteiger partial charge is 0.324 e. The molecular formula is C26H25N7O. The molecule has 0 aliphatic rings. The minimum absolute atomic E-state index is 0.0961. The topological polar surface area (TPSA) is 100 Å². The number of rotatable bonds is 4. The number of nitrogens with one attached hydrogen (secondary N) is 3. The summed E-state index contributed by atoms with van der Waals surface area (Å²) in [5.74, 6) is 0.552. The number of fused-ring (bicyclic) bond motifs is 1. The van der Waals surface area contributed by atoms with E-state index < -0.39 is 0 Å². The quantitative estimate of drug-likeness (QED) is 0.325. The number of benzene rings is 1. The smallest absolute Gasteiger partial charge is 0.308 e. The summed E-state index contributed by atoms with van der Waals surface area (Å²) in [5, 5.41) is 12.7. The lowest BCUT2D eigenvalue weighted by Crippen LogP contribution is -2.19. The van der Waals surface area contributed by atoms with Crippen molar-refractivity contribution in [2.75, 3.05) is 10.6 Å². The molecule has 0 atom stereocenters. The van der Waals surface area contributed by atoms with E-state index in [9.17, 15) is 4.79 Å². The van der Waals surface area contributed by atoms with E-state index >= 15 is 0 Å². The van der Waals surface area contributed by atoms with E-state index in [1.807, 2.05) is 59.3 Å². The van der Waals surface area contributed by atoms with Gasteiger partial charge in [-0.15, -0.1) is 0 Å². The minimum atomic E-state index is -0.338. The molecule has 0 bridgehead atoms. The fourth-order valence-corrected chi connectivity index (χ4v) is 3.70. The second-order valence-corrected chi connectivity index (χ2v) is 9.10. The molecule has 0 aliphatic heterocycles. The molecule has 0 saturated carbocycles. The van der Waals surface area contributed by atoms with E-state index in [0.717, 1.165) is 33.7 Å². The van der Waals surface area contributed by atoms with Gasteiger partial charge in [0.25, 0.3) is 0 Å². The lowest BCUT2D eigenvalue weighted by molar-refractivity contribution is 0.262. The number of H-pyrrole nitrogens is 1. The fourth-order valence-electron chi connectivity index (χ4n) is 3.70. The Morgan fingerprint density at radius 1 is 0.912 bits per heavy atom. The van der Waals surface area contributed by atoms with Crippen LogP contribution in [0.4, 0.5) is 16.3 Å². The predicted molar refractivity (Wildman–Crippen MR) is 134 cm³/mol. The van der Waals surface area contributed by atoms with Gasteiger partial charge in [0, 0.05) is 41.3 Å². The Balaban J connectivity index is 1.29. The predicted octanol–water partition coefficient (Wildman–Crippen LogP) is 5.73. The molecule has 0 fully saturated rings. The maximum atomic E-state index is 12.4. The maximum Gasteiger partial charge on any atom is 0.324 e. The van der Waals surface area contributed by atoms with Crippen LogP contribution in [-0.4, -0.2) is 30.6 Å². The number of pyridine rings is 2. The Kier molecular flexibility index (Phi) is 5.33. The van der Waals surface area contributed by atoms with E-state index in [0.29, 0.717) is 11.5 Å². The Labute approximate surface area is 197 Å². The van der Waals surface area contributed by atoms with Crippen LogP contribution in [0.1, 0.15) is 26.5 Å². The zero-order valence-corrected chi connectivity index (χ0v) is 19.2. The van der Waals surface area contributed by atoms with Gasteiger partial charge in [0.2, 0.25) is 0 Å². The van der Waals surface area contributed by atoms with E-state index in [-0.39, 0.29) is 11.4 Å². The second-order valence-electron chi connectivity index (χ2n) is 9.10. The highest BCUT2D eigenvalue weighted by atomic mass is 16.2. The molecule has 4 heterocycles. The van der Waals surface area contributed by atoms with E-state index in [2.05, 4.69) is 63.7 Å². The zero-order chi connectivity index (χ0) is 23.7. The van der Waals surface area contributed by atoms with Gasteiger partial charge >= 0.3 is 6.03 Å². The average molecular weight is 452 g/mol. The standard InChI is InChI=1S/C26H25N7O/c1-26(2,3)22-15-23(32-31-22)30-25(34)29-20-6-4-18(5-7-20)21-16-28-24-14-19(10-13-33(21)24)17-8-11-27-12-9-17/h4-16H,1-3H3,(H3,29,30,31,32,34). The highest BCUT2D eigenvalue weighted by molar-refractivity contribution is 5.99. The SMILES string of the molecule is CC(C)(C)c1cc(NC(=O)Nc2ccc(-c3cnc4cc(-c5ccncc5)ccn34)cc2)[nH]n1. The summed E-state index contributed by atoms with van der Waals surface area (Å²) in [6.45, 7) is 6.20. The number of imidazole rings is 1. The Morgan fingerprint density at radius 3 is 2.38 bits per heavy atom. The summed E-state index contributed by atoms with van der Waals surface area (Å²) in [6, 6.07) is 17.2. The summed E-state index contributed by atoms with van der Waals surface area (Å²) in [5.41, 5.74) is 6.49. The molecule has 4 aromatic heterocycles. The average Bonchev–Trinajstić information content (AvgIpc) is 3.47. The van der Waals surface area contributed by atoms with Crippen molar-refractivity contribution in [3.63, 3.8) is 0 Å². The van der Waals surface area contributed by atoms with Crippen LogP contribution in [0, 0.1) is 0 Å². The number of hydrogen-bond donors (Lipinski definition) is 3. The molecule has 1 aromatic carbocycles. The van der Waals surface area contributed by atoms with Crippen molar-refractivity contribution in [2.24, 2.45) is 0 Å². The van der Waals surface area contributed by atoms with Crippen molar-refractivity contribution in [2.45, 2.75) is 26.2 Å². The maximum absolute atomic E-state index is 12.4. The molecule has 34 heavy (non-hydrogen) atoms. The number of carbonyl (C=O) groups is 1. The van der Waals surface area contributed by atoms with Crippen LogP contribution in [0.3, 0.4) is 0 Å². The van der Waals surface area contributed by atoms with Crippen LogP contribution < -0.4 is 10.6 Å². The number of urea groups is 1. The number of nitrogens with zero attached hydrogens (tertiary/aromatic N) is 4. The number of aromatic nitrogens is 5.